The maximum absolute atomic E-state index is 12.1. The fraction of sp³-hybridized carbons (Fsp3) is 0.600. The molecule has 23 heavy (non-hydrogen) atoms. The molecule has 130 valence electrons. The van der Waals surface area contributed by atoms with E-state index in [2.05, 4.69) is 20.5 Å². The molecule has 0 unspecified atom stereocenters. The molecule has 0 bridgehead atoms. The summed E-state index contributed by atoms with van der Waals surface area (Å²) in [5.41, 5.74) is 0.754. The molecule has 2 aliphatic heterocycles. The molecular weight excluding hydrogens is 339 g/mol. The van der Waals surface area contributed by atoms with E-state index >= 15 is 0 Å². The fourth-order valence-electron chi connectivity index (χ4n) is 2.74. The van der Waals surface area contributed by atoms with Gasteiger partial charge in [-0.2, -0.15) is 0 Å². The van der Waals surface area contributed by atoms with Crippen molar-refractivity contribution in [3.8, 4) is 0 Å². The number of nitrogens with zero attached hydrogens (tertiary/aromatic N) is 2. The van der Waals surface area contributed by atoms with E-state index in [1.165, 1.54) is 0 Å². The number of piperidine rings is 1. The van der Waals surface area contributed by atoms with Crippen LogP contribution in [-0.4, -0.2) is 49.8 Å². The van der Waals surface area contributed by atoms with E-state index in [0.29, 0.717) is 0 Å². The first-order chi connectivity index (χ1) is 10.3. The summed E-state index contributed by atoms with van der Waals surface area (Å²) in [6, 6.07) is 3.80. The Morgan fingerprint density at radius 2 is 2.04 bits per heavy atom. The van der Waals surface area contributed by atoms with E-state index in [-0.39, 0.29) is 36.8 Å². The van der Waals surface area contributed by atoms with E-state index in [4.69, 9.17) is 4.74 Å². The summed E-state index contributed by atoms with van der Waals surface area (Å²) in [6.45, 7) is 4.14. The molecule has 1 amide bonds. The lowest BCUT2D eigenvalue weighted by Crippen LogP contribution is -2.43. The number of amides is 1. The zero-order valence-electron chi connectivity index (χ0n) is 13.0. The number of hydrogen-bond acceptors (Lipinski definition) is 5. The summed E-state index contributed by atoms with van der Waals surface area (Å²) in [5.74, 6) is 0.975. The molecule has 1 atom stereocenters. The number of ether oxygens (including phenoxy) is 1. The molecule has 0 saturated carbocycles. The van der Waals surface area contributed by atoms with E-state index in [1.54, 1.807) is 6.20 Å². The molecule has 1 aromatic heterocycles. The summed E-state index contributed by atoms with van der Waals surface area (Å²) >= 11 is 0. The molecule has 6 nitrogen and oxygen atoms in total. The van der Waals surface area contributed by atoms with Gasteiger partial charge in [0.15, 0.2) is 0 Å². The summed E-state index contributed by atoms with van der Waals surface area (Å²) in [7, 11) is 0. The molecule has 1 aromatic rings. The highest BCUT2D eigenvalue weighted by Gasteiger charge is 2.20. The van der Waals surface area contributed by atoms with Crippen LogP contribution in [0.2, 0.25) is 0 Å². The smallest absolute Gasteiger partial charge is 0.241 e. The topological polar surface area (TPSA) is 66.5 Å². The SMILES string of the molecule is Cl.Cl.O=C(Nc1ccc(N2CCOCC2)nc1)[C@@H]1CCCCN1. The number of morpholine rings is 1. The van der Waals surface area contributed by atoms with Crippen LogP contribution in [0.1, 0.15) is 19.3 Å². The van der Waals surface area contributed by atoms with Crippen molar-refractivity contribution in [2.75, 3.05) is 43.1 Å². The summed E-state index contributed by atoms with van der Waals surface area (Å²) < 4.78 is 5.33. The number of aromatic nitrogens is 1. The van der Waals surface area contributed by atoms with Crippen LogP contribution in [0, 0.1) is 0 Å². The largest absolute Gasteiger partial charge is 0.378 e. The van der Waals surface area contributed by atoms with Crippen LogP contribution in [0.5, 0.6) is 0 Å². The molecule has 0 spiro atoms. The van der Waals surface area contributed by atoms with Crippen LogP contribution in [0.15, 0.2) is 18.3 Å². The number of nitrogens with one attached hydrogen (secondary N) is 2. The molecule has 2 aliphatic rings. The Kier molecular flexibility index (Phi) is 8.62. The molecule has 2 saturated heterocycles. The normalized spacial score (nSPS) is 20.9. The molecule has 3 rings (SSSR count). The summed E-state index contributed by atoms with van der Waals surface area (Å²) in [4.78, 5) is 18.8. The lowest BCUT2D eigenvalue weighted by atomic mass is 10.0. The van der Waals surface area contributed by atoms with Gasteiger partial charge in [-0.25, -0.2) is 4.98 Å². The van der Waals surface area contributed by atoms with Crippen LogP contribution in [0.25, 0.3) is 0 Å². The number of pyridine rings is 1. The lowest BCUT2D eigenvalue weighted by molar-refractivity contribution is -0.118. The minimum atomic E-state index is -0.0716. The molecule has 2 fully saturated rings. The van der Waals surface area contributed by atoms with Gasteiger partial charge in [-0.15, -0.1) is 24.8 Å². The Bertz CT molecular complexity index is 475. The van der Waals surface area contributed by atoms with Gasteiger partial charge < -0.3 is 20.3 Å². The number of carbonyl (C=O) groups excluding carboxylic acids is 1. The Morgan fingerprint density at radius 1 is 1.26 bits per heavy atom. The maximum Gasteiger partial charge on any atom is 0.241 e. The molecule has 0 radical (unpaired) electrons. The fourth-order valence-corrected chi connectivity index (χ4v) is 2.74. The third-order valence-electron chi connectivity index (χ3n) is 3.98. The van der Waals surface area contributed by atoms with E-state index in [9.17, 15) is 4.79 Å². The molecule has 0 aliphatic carbocycles. The first-order valence-corrected chi connectivity index (χ1v) is 7.66. The quantitative estimate of drug-likeness (QED) is 0.858. The van der Waals surface area contributed by atoms with Crippen molar-refractivity contribution < 1.29 is 9.53 Å². The third kappa shape index (κ3) is 5.49. The van der Waals surface area contributed by atoms with Crippen LogP contribution < -0.4 is 15.5 Å². The van der Waals surface area contributed by atoms with Crippen LogP contribution in [0.4, 0.5) is 11.5 Å². The van der Waals surface area contributed by atoms with E-state index in [1.807, 2.05) is 12.1 Å². The van der Waals surface area contributed by atoms with Crippen molar-refractivity contribution in [1.29, 1.82) is 0 Å². The van der Waals surface area contributed by atoms with Crippen molar-refractivity contribution in [2.45, 2.75) is 25.3 Å². The van der Waals surface area contributed by atoms with Crippen LogP contribution in [-0.2, 0) is 9.53 Å². The van der Waals surface area contributed by atoms with Gasteiger partial charge >= 0.3 is 0 Å². The van der Waals surface area contributed by atoms with Crippen molar-refractivity contribution >= 4 is 42.2 Å². The van der Waals surface area contributed by atoms with Gasteiger partial charge in [0.1, 0.15) is 5.82 Å². The van der Waals surface area contributed by atoms with Crippen molar-refractivity contribution in [3.05, 3.63) is 18.3 Å². The van der Waals surface area contributed by atoms with E-state index in [0.717, 1.165) is 63.6 Å². The van der Waals surface area contributed by atoms with Crippen LogP contribution >= 0.6 is 24.8 Å². The van der Waals surface area contributed by atoms with Gasteiger partial charge in [-0.05, 0) is 31.5 Å². The second-order valence-electron chi connectivity index (χ2n) is 5.50. The molecule has 2 N–H and O–H groups in total. The highest BCUT2D eigenvalue weighted by Crippen LogP contribution is 2.16. The number of rotatable bonds is 3. The number of hydrogen-bond donors (Lipinski definition) is 2. The lowest BCUT2D eigenvalue weighted by Gasteiger charge is -2.27. The zero-order valence-corrected chi connectivity index (χ0v) is 14.6. The minimum Gasteiger partial charge on any atom is -0.378 e. The maximum atomic E-state index is 12.1. The Morgan fingerprint density at radius 3 is 2.65 bits per heavy atom. The molecule has 3 heterocycles. The molecular formula is C15H24Cl2N4O2. The van der Waals surface area contributed by atoms with Gasteiger partial charge in [-0.3, -0.25) is 4.79 Å². The highest BCUT2D eigenvalue weighted by atomic mass is 35.5. The van der Waals surface area contributed by atoms with Gasteiger partial charge in [0.05, 0.1) is 31.1 Å². The first-order valence-electron chi connectivity index (χ1n) is 7.66. The Labute approximate surface area is 149 Å². The minimum absolute atomic E-state index is 0. The number of halogens is 2. The molecule has 8 heteroatoms. The second-order valence-corrected chi connectivity index (χ2v) is 5.50. The van der Waals surface area contributed by atoms with Crippen molar-refractivity contribution in [2.24, 2.45) is 0 Å². The standard InChI is InChI=1S/C15H22N4O2.2ClH/c20-15(13-3-1-2-6-16-13)18-12-4-5-14(17-11-12)19-7-9-21-10-8-19;;/h4-5,11,13,16H,1-3,6-10H2,(H,18,20);2*1H/t13-;;/m0../s1. The van der Waals surface area contributed by atoms with Gasteiger partial charge in [0.2, 0.25) is 5.91 Å². The highest BCUT2D eigenvalue weighted by molar-refractivity contribution is 5.94. The second kappa shape index (κ2) is 9.93. The summed E-state index contributed by atoms with van der Waals surface area (Å²) in [6.07, 6.45) is 4.90. The van der Waals surface area contributed by atoms with Gasteiger partial charge in [0.25, 0.3) is 0 Å². The molecule has 0 aromatic carbocycles. The average molecular weight is 363 g/mol. The first kappa shape index (κ1) is 20.0. The monoisotopic (exact) mass is 362 g/mol. The Balaban J connectivity index is 0.00000132. The number of carbonyl (C=O) groups is 1. The van der Waals surface area contributed by atoms with Gasteiger partial charge in [0, 0.05) is 13.1 Å². The summed E-state index contributed by atoms with van der Waals surface area (Å²) in [5, 5.41) is 6.18. The van der Waals surface area contributed by atoms with Gasteiger partial charge in [-0.1, -0.05) is 6.42 Å². The average Bonchev–Trinajstić information content (AvgIpc) is 2.57. The van der Waals surface area contributed by atoms with E-state index < -0.39 is 0 Å². The predicted octanol–water partition coefficient (Wildman–Crippen LogP) is 1.84. The third-order valence-corrected chi connectivity index (χ3v) is 3.98. The van der Waals surface area contributed by atoms with Crippen molar-refractivity contribution in [1.82, 2.24) is 10.3 Å². The zero-order chi connectivity index (χ0) is 14.5. The number of anilines is 2. The Hall–Kier alpha value is -1.08. The van der Waals surface area contributed by atoms with Crippen molar-refractivity contribution in [3.63, 3.8) is 0 Å². The van der Waals surface area contributed by atoms with Crippen LogP contribution in [0.3, 0.4) is 0 Å². The predicted molar refractivity (Wildman–Crippen MR) is 96.0 cm³/mol.